The van der Waals surface area contributed by atoms with Crippen LogP contribution >= 0.6 is 0 Å². The molecule has 5 nitrogen and oxygen atoms in total. The van der Waals surface area contributed by atoms with Crippen molar-refractivity contribution in [2.45, 2.75) is 6.29 Å². The van der Waals surface area contributed by atoms with E-state index in [0.29, 0.717) is 18.1 Å². The minimum Gasteiger partial charge on any atom is -0.382 e. The monoisotopic (exact) mass is 209 g/mol. The van der Waals surface area contributed by atoms with Crippen molar-refractivity contribution in [2.75, 3.05) is 20.8 Å². The Bertz CT molecular complexity index is 310. The highest BCUT2D eigenvalue weighted by Crippen LogP contribution is 1.96. The van der Waals surface area contributed by atoms with Crippen LogP contribution in [0, 0.1) is 0 Å². The Kier molecular flexibility index (Phi) is 4.73. The van der Waals surface area contributed by atoms with Crippen molar-refractivity contribution in [3.05, 3.63) is 30.1 Å². The number of nitrogens with two attached hydrogens (primary N) is 1. The molecule has 0 saturated heterocycles. The SMILES string of the molecule is COC(CN=C(N)c1ccccn1)OC. The molecule has 1 aromatic rings. The lowest BCUT2D eigenvalue weighted by Gasteiger charge is -2.10. The lowest BCUT2D eigenvalue weighted by atomic mass is 10.3. The second-order valence-corrected chi connectivity index (χ2v) is 2.84. The van der Waals surface area contributed by atoms with E-state index in [1.807, 2.05) is 12.1 Å². The molecule has 0 saturated carbocycles. The van der Waals surface area contributed by atoms with E-state index < -0.39 is 0 Å². The second kappa shape index (κ2) is 6.10. The summed E-state index contributed by atoms with van der Waals surface area (Å²) in [6, 6.07) is 5.48. The van der Waals surface area contributed by atoms with Crippen molar-refractivity contribution in [1.82, 2.24) is 4.98 Å². The highest BCUT2D eigenvalue weighted by Gasteiger charge is 2.04. The second-order valence-electron chi connectivity index (χ2n) is 2.84. The highest BCUT2D eigenvalue weighted by molar-refractivity contribution is 5.95. The van der Waals surface area contributed by atoms with Gasteiger partial charge in [-0.05, 0) is 12.1 Å². The molecule has 0 aliphatic rings. The molecule has 1 rings (SSSR count). The molecule has 1 aromatic heterocycles. The summed E-state index contributed by atoms with van der Waals surface area (Å²) in [5.74, 6) is 0.384. The predicted molar refractivity (Wildman–Crippen MR) is 57.6 cm³/mol. The van der Waals surface area contributed by atoms with Gasteiger partial charge in [-0.2, -0.15) is 0 Å². The molecule has 0 bridgehead atoms. The third kappa shape index (κ3) is 3.65. The van der Waals surface area contributed by atoms with Crippen LogP contribution in [-0.2, 0) is 9.47 Å². The third-order valence-corrected chi connectivity index (χ3v) is 1.86. The van der Waals surface area contributed by atoms with Gasteiger partial charge in [0.05, 0.1) is 6.54 Å². The van der Waals surface area contributed by atoms with Crippen molar-refractivity contribution >= 4 is 5.84 Å². The van der Waals surface area contributed by atoms with E-state index in [1.165, 1.54) is 0 Å². The molecule has 1 heterocycles. The van der Waals surface area contributed by atoms with Gasteiger partial charge in [-0.1, -0.05) is 6.07 Å². The number of hydrogen-bond acceptors (Lipinski definition) is 4. The molecule has 0 aliphatic heterocycles. The fourth-order valence-corrected chi connectivity index (χ4v) is 1.01. The Balaban J connectivity index is 2.60. The summed E-state index contributed by atoms with van der Waals surface area (Å²) in [5, 5.41) is 0. The molecule has 5 heteroatoms. The smallest absolute Gasteiger partial charge is 0.176 e. The molecule has 2 N–H and O–H groups in total. The van der Waals surface area contributed by atoms with Crippen LogP contribution in [0.1, 0.15) is 5.69 Å². The predicted octanol–water partition coefficient (Wildman–Crippen LogP) is 0.406. The van der Waals surface area contributed by atoms with Gasteiger partial charge in [-0.25, -0.2) is 0 Å². The third-order valence-electron chi connectivity index (χ3n) is 1.86. The maximum absolute atomic E-state index is 5.73. The van der Waals surface area contributed by atoms with Gasteiger partial charge in [-0.3, -0.25) is 9.98 Å². The highest BCUT2D eigenvalue weighted by atomic mass is 16.7. The maximum Gasteiger partial charge on any atom is 0.176 e. The Labute approximate surface area is 88.9 Å². The van der Waals surface area contributed by atoms with Gasteiger partial charge >= 0.3 is 0 Å². The van der Waals surface area contributed by atoms with Crippen molar-refractivity contribution in [3.63, 3.8) is 0 Å². The number of nitrogens with zero attached hydrogens (tertiary/aromatic N) is 2. The topological polar surface area (TPSA) is 69.7 Å². The van der Waals surface area contributed by atoms with Gasteiger partial charge < -0.3 is 15.2 Å². The molecule has 0 radical (unpaired) electrons. The average molecular weight is 209 g/mol. The molecule has 0 aliphatic carbocycles. The fourth-order valence-electron chi connectivity index (χ4n) is 1.01. The number of aromatic nitrogens is 1. The maximum atomic E-state index is 5.73. The first kappa shape index (κ1) is 11.6. The number of rotatable bonds is 5. The largest absolute Gasteiger partial charge is 0.382 e. The Hall–Kier alpha value is -1.46. The van der Waals surface area contributed by atoms with E-state index in [2.05, 4.69) is 9.98 Å². The van der Waals surface area contributed by atoms with Crippen molar-refractivity contribution < 1.29 is 9.47 Å². The number of pyridine rings is 1. The van der Waals surface area contributed by atoms with Crippen LogP contribution < -0.4 is 5.73 Å². The van der Waals surface area contributed by atoms with Gasteiger partial charge in [0, 0.05) is 20.4 Å². The van der Waals surface area contributed by atoms with Gasteiger partial charge in [0.1, 0.15) is 11.5 Å². The molecular formula is C10H15N3O2. The van der Waals surface area contributed by atoms with E-state index in [0.717, 1.165) is 0 Å². The zero-order valence-electron chi connectivity index (χ0n) is 8.88. The number of ether oxygens (including phenoxy) is 2. The lowest BCUT2D eigenvalue weighted by molar-refractivity contribution is -0.0936. The van der Waals surface area contributed by atoms with Crippen LogP contribution in [0.4, 0.5) is 0 Å². The quantitative estimate of drug-likeness (QED) is 0.433. The van der Waals surface area contributed by atoms with Gasteiger partial charge in [0.25, 0.3) is 0 Å². The summed E-state index contributed by atoms with van der Waals surface area (Å²) in [6.45, 7) is 0.357. The molecule has 0 spiro atoms. The number of aliphatic imine (C=N–C) groups is 1. The molecule has 0 aromatic carbocycles. The minimum absolute atomic E-state index is 0.357. The van der Waals surface area contributed by atoms with E-state index in [-0.39, 0.29) is 6.29 Å². The Morgan fingerprint density at radius 1 is 1.47 bits per heavy atom. The van der Waals surface area contributed by atoms with Crippen LogP contribution in [0.15, 0.2) is 29.4 Å². The summed E-state index contributed by atoms with van der Waals surface area (Å²) >= 11 is 0. The summed E-state index contributed by atoms with van der Waals surface area (Å²) in [4.78, 5) is 8.19. The van der Waals surface area contributed by atoms with E-state index >= 15 is 0 Å². The van der Waals surface area contributed by atoms with E-state index in [9.17, 15) is 0 Å². The minimum atomic E-state index is -0.368. The van der Waals surface area contributed by atoms with Crippen molar-refractivity contribution in [1.29, 1.82) is 0 Å². The first-order chi connectivity index (χ1) is 7.27. The van der Waals surface area contributed by atoms with Crippen LogP contribution in [0.3, 0.4) is 0 Å². The lowest BCUT2D eigenvalue weighted by Crippen LogP contribution is -2.21. The first-order valence-electron chi connectivity index (χ1n) is 4.55. The van der Waals surface area contributed by atoms with Crippen molar-refractivity contribution in [3.8, 4) is 0 Å². The Morgan fingerprint density at radius 3 is 2.73 bits per heavy atom. The standard InChI is InChI=1S/C10H15N3O2/c1-14-9(15-2)7-13-10(11)8-5-3-4-6-12-8/h3-6,9H,7H2,1-2H3,(H2,11,13). The van der Waals surface area contributed by atoms with Crippen LogP contribution in [0.2, 0.25) is 0 Å². The van der Waals surface area contributed by atoms with Gasteiger partial charge in [-0.15, -0.1) is 0 Å². The fraction of sp³-hybridized carbons (Fsp3) is 0.400. The normalized spacial score (nSPS) is 12.1. The number of amidine groups is 1. The summed E-state index contributed by atoms with van der Waals surface area (Å²) in [5.41, 5.74) is 6.39. The average Bonchev–Trinajstić information content (AvgIpc) is 2.31. The van der Waals surface area contributed by atoms with Crippen molar-refractivity contribution in [2.24, 2.45) is 10.7 Å². The van der Waals surface area contributed by atoms with Gasteiger partial charge in [0.2, 0.25) is 0 Å². The van der Waals surface area contributed by atoms with Crippen LogP contribution in [0.25, 0.3) is 0 Å². The van der Waals surface area contributed by atoms with E-state index in [4.69, 9.17) is 15.2 Å². The van der Waals surface area contributed by atoms with Crippen LogP contribution in [0.5, 0.6) is 0 Å². The molecule has 0 fully saturated rings. The number of methoxy groups -OCH3 is 2. The molecule has 0 atom stereocenters. The van der Waals surface area contributed by atoms with Gasteiger partial charge in [0.15, 0.2) is 6.29 Å². The Morgan fingerprint density at radius 2 is 2.20 bits per heavy atom. The molecular weight excluding hydrogens is 194 g/mol. The van der Waals surface area contributed by atoms with E-state index in [1.54, 1.807) is 26.5 Å². The molecule has 0 amide bonds. The summed E-state index contributed by atoms with van der Waals surface area (Å²) in [7, 11) is 3.11. The molecule has 15 heavy (non-hydrogen) atoms. The zero-order valence-corrected chi connectivity index (χ0v) is 8.88. The first-order valence-corrected chi connectivity index (χ1v) is 4.55. The van der Waals surface area contributed by atoms with Crippen LogP contribution in [-0.4, -0.2) is 37.9 Å². The number of hydrogen-bond donors (Lipinski definition) is 1. The molecule has 0 unspecified atom stereocenters. The zero-order chi connectivity index (χ0) is 11.1. The molecule has 82 valence electrons. The summed E-state index contributed by atoms with van der Waals surface area (Å²) in [6.07, 6.45) is 1.30. The summed E-state index contributed by atoms with van der Waals surface area (Å²) < 4.78 is 9.96.